The highest BCUT2D eigenvalue weighted by atomic mass is 16.5. The van der Waals surface area contributed by atoms with Gasteiger partial charge in [-0.25, -0.2) is 9.59 Å². The van der Waals surface area contributed by atoms with E-state index in [9.17, 15) is 24.3 Å². The lowest BCUT2D eigenvalue weighted by molar-refractivity contribution is -0.135. The summed E-state index contributed by atoms with van der Waals surface area (Å²) >= 11 is 0. The van der Waals surface area contributed by atoms with E-state index < -0.39 is 17.6 Å². The summed E-state index contributed by atoms with van der Waals surface area (Å²) in [5.74, 6) is -0.794. The highest BCUT2D eigenvalue weighted by Crippen LogP contribution is 2.40. The van der Waals surface area contributed by atoms with Crippen molar-refractivity contribution in [1.82, 2.24) is 14.7 Å². The van der Waals surface area contributed by atoms with E-state index in [0.29, 0.717) is 44.7 Å². The van der Waals surface area contributed by atoms with E-state index in [-0.39, 0.29) is 31.5 Å². The van der Waals surface area contributed by atoms with Crippen LogP contribution in [0.2, 0.25) is 0 Å². The Morgan fingerprint density at radius 1 is 0.872 bits per heavy atom. The molecular formula is C29H34N4O6. The van der Waals surface area contributed by atoms with Gasteiger partial charge in [-0.1, -0.05) is 30.3 Å². The first-order valence-corrected chi connectivity index (χ1v) is 13.5. The molecule has 0 aromatic heterocycles. The Hall–Kier alpha value is -4.08. The maximum atomic E-state index is 13.9. The van der Waals surface area contributed by atoms with Crippen molar-refractivity contribution < 1.29 is 29.0 Å². The summed E-state index contributed by atoms with van der Waals surface area (Å²) in [6.45, 7) is 2.34. The highest BCUT2D eigenvalue weighted by molar-refractivity contribution is 5.94. The van der Waals surface area contributed by atoms with E-state index in [0.717, 1.165) is 30.5 Å². The van der Waals surface area contributed by atoms with E-state index in [1.165, 1.54) is 4.90 Å². The summed E-state index contributed by atoms with van der Waals surface area (Å²) < 4.78 is 5.31. The Bertz CT molecular complexity index is 1220. The number of amides is 3. The molecule has 3 aliphatic heterocycles. The summed E-state index contributed by atoms with van der Waals surface area (Å²) in [6, 6.07) is 16.6. The number of likely N-dealkylation sites (tertiary alicyclic amines) is 2. The molecule has 206 valence electrons. The summed E-state index contributed by atoms with van der Waals surface area (Å²) in [5, 5.41) is 9.43. The van der Waals surface area contributed by atoms with Crippen molar-refractivity contribution in [2.75, 3.05) is 44.4 Å². The van der Waals surface area contributed by atoms with Crippen LogP contribution in [0, 0.1) is 0 Å². The van der Waals surface area contributed by atoms with Gasteiger partial charge < -0.3 is 29.4 Å². The molecule has 3 fully saturated rings. The number of hydrogen-bond acceptors (Lipinski definition) is 6. The Balaban J connectivity index is 1.28. The zero-order valence-corrected chi connectivity index (χ0v) is 22.0. The normalized spacial score (nSPS) is 18.9. The Labute approximate surface area is 227 Å². The summed E-state index contributed by atoms with van der Waals surface area (Å²) in [4.78, 5) is 57.4. The van der Waals surface area contributed by atoms with Crippen molar-refractivity contribution in [1.29, 1.82) is 0 Å². The molecule has 5 rings (SSSR count). The summed E-state index contributed by atoms with van der Waals surface area (Å²) in [5.41, 5.74) is 1.19. The van der Waals surface area contributed by atoms with E-state index in [4.69, 9.17) is 4.74 Å². The summed E-state index contributed by atoms with van der Waals surface area (Å²) in [7, 11) is 0. The molecule has 3 aliphatic rings. The summed E-state index contributed by atoms with van der Waals surface area (Å²) in [6.07, 6.45) is 2.89. The smallest absolute Gasteiger partial charge is 0.407 e. The number of ether oxygens (including phenoxy) is 1. The minimum Gasteiger partial charge on any atom is -0.465 e. The van der Waals surface area contributed by atoms with E-state index in [1.54, 1.807) is 28.0 Å². The number of carboxylic acid groups (broad SMARTS) is 1. The standard InChI is InChI=1S/C29H34N4O6/c34-25(30-14-5-2-6-15-30)20-39-26(35)23-9-7-8-22(18-23)19-32-21-33(24-10-3-1-4-11-24)29(27(32)36)12-16-31(17-13-29)28(37)38/h1,3-4,7-11,18H,2,5-6,12-17,19-21H2,(H,37,38). The van der Waals surface area contributed by atoms with Gasteiger partial charge in [-0.05, 0) is 61.9 Å². The molecule has 0 saturated carbocycles. The molecule has 0 bridgehead atoms. The molecule has 0 aliphatic carbocycles. The lowest BCUT2D eigenvalue weighted by Crippen LogP contribution is -2.57. The number of nitrogens with zero attached hydrogens (tertiary/aromatic N) is 4. The average molecular weight is 535 g/mol. The number of piperidine rings is 2. The second-order valence-electron chi connectivity index (χ2n) is 10.4. The third-order valence-electron chi connectivity index (χ3n) is 8.01. The topological polar surface area (TPSA) is 111 Å². The third-order valence-corrected chi connectivity index (χ3v) is 8.01. The lowest BCUT2D eigenvalue weighted by Gasteiger charge is -2.42. The van der Waals surface area contributed by atoms with E-state index >= 15 is 0 Å². The first-order chi connectivity index (χ1) is 18.9. The first kappa shape index (κ1) is 26.5. The van der Waals surface area contributed by atoms with Crippen molar-refractivity contribution in [3.63, 3.8) is 0 Å². The van der Waals surface area contributed by atoms with Gasteiger partial charge in [0.25, 0.3) is 5.91 Å². The number of para-hydroxylation sites is 1. The number of carbonyl (C=O) groups is 4. The van der Waals surface area contributed by atoms with E-state index in [2.05, 4.69) is 4.90 Å². The second kappa shape index (κ2) is 11.3. The molecule has 3 amide bonds. The number of benzene rings is 2. The molecule has 1 spiro atoms. The molecule has 3 heterocycles. The molecule has 3 saturated heterocycles. The Morgan fingerprint density at radius 3 is 2.28 bits per heavy atom. The number of esters is 1. The number of rotatable bonds is 6. The van der Waals surface area contributed by atoms with Gasteiger partial charge in [0.2, 0.25) is 5.91 Å². The highest BCUT2D eigenvalue weighted by Gasteiger charge is 2.54. The molecule has 1 N–H and O–H groups in total. The molecular weight excluding hydrogens is 500 g/mol. The molecule has 0 unspecified atom stereocenters. The monoisotopic (exact) mass is 534 g/mol. The molecule has 39 heavy (non-hydrogen) atoms. The van der Waals surface area contributed by atoms with Crippen molar-refractivity contribution in [2.45, 2.75) is 44.2 Å². The quantitative estimate of drug-likeness (QED) is 0.567. The fourth-order valence-electron chi connectivity index (χ4n) is 5.85. The van der Waals surface area contributed by atoms with Crippen molar-refractivity contribution in [2.24, 2.45) is 0 Å². The molecule has 2 aromatic rings. The van der Waals surface area contributed by atoms with Crippen LogP contribution < -0.4 is 4.90 Å². The van der Waals surface area contributed by atoms with Gasteiger partial charge in [0.05, 0.1) is 12.2 Å². The maximum Gasteiger partial charge on any atom is 0.407 e. The van der Waals surface area contributed by atoms with Crippen LogP contribution in [0.4, 0.5) is 10.5 Å². The van der Waals surface area contributed by atoms with Crippen LogP contribution in [-0.4, -0.2) is 88.7 Å². The predicted molar refractivity (Wildman–Crippen MR) is 143 cm³/mol. The van der Waals surface area contributed by atoms with Gasteiger partial charge in [0.15, 0.2) is 6.61 Å². The SMILES string of the molecule is O=C(OCC(=O)N1CCCCC1)c1cccc(CN2CN(c3ccccc3)C3(CCN(C(=O)O)CC3)C2=O)c1. The fourth-order valence-corrected chi connectivity index (χ4v) is 5.85. The molecule has 0 atom stereocenters. The minimum atomic E-state index is -0.972. The lowest BCUT2D eigenvalue weighted by atomic mass is 9.85. The predicted octanol–water partition coefficient (Wildman–Crippen LogP) is 3.17. The Morgan fingerprint density at radius 2 is 1.59 bits per heavy atom. The van der Waals surface area contributed by atoms with E-state index in [1.807, 2.05) is 36.4 Å². The van der Waals surface area contributed by atoms with Gasteiger partial charge in [-0.15, -0.1) is 0 Å². The van der Waals surface area contributed by atoms with Crippen LogP contribution in [0.25, 0.3) is 0 Å². The maximum absolute atomic E-state index is 13.9. The largest absolute Gasteiger partial charge is 0.465 e. The van der Waals surface area contributed by atoms with Gasteiger partial charge in [0, 0.05) is 38.4 Å². The van der Waals surface area contributed by atoms with Crippen LogP contribution >= 0.6 is 0 Å². The average Bonchev–Trinajstić information content (AvgIpc) is 3.23. The van der Waals surface area contributed by atoms with Gasteiger partial charge >= 0.3 is 12.1 Å². The zero-order valence-electron chi connectivity index (χ0n) is 22.0. The van der Waals surface area contributed by atoms with Gasteiger partial charge in [-0.2, -0.15) is 0 Å². The number of hydrogen-bond donors (Lipinski definition) is 1. The minimum absolute atomic E-state index is 0.0449. The van der Waals surface area contributed by atoms with Gasteiger partial charge in [0.1, 0.15) is 5.54 Å². The van der Waals surface area contributed by atoms with Gasteiger partial charge in [-0.3, -0.25) is 9.59 Å². The number of anilines is 1. The molecule has 2 aromatic carbocycles. The fraction of sp³-hybridized carbons (Fsp3) is 0.448. The van der Waals surface area contributed by atoms with Crippen molar-refractivity contribution in [3.8, 4) is 0 Å². The first-order valence-electron chi connectivity index (χ1n) is 13.5. The Kier molecular flexibility index (Phi) is 7.72. The van der Waals surface area contributed by atoms with Crippen LogP contribution in [0.15, 0.2) is 54.6 Å². The second-order valence-corrected chi connectivity index (χ2v) is 10.4. The zero-order chi connectivity index (χ0) is 27.4. The van der Waals surface area contributed by atoms with Crippen molar-refractivity contribution >= 4 is 29.6 Å². The van der Waals surface area contributed by atoms with Crippen LogP contribution in [0.1, 0.15) is 48.0 Å². The molecule has 10 heteroatoms. The van der Waals surface area contributed by atoms with Crippen LogP contribution in [0.5, 0.6) is 0 Å². The van der Waals surface area contributed by atoms with Crippen LogP contribution in [0.3, 0.4) is 0 Å². The number of carbonyl (C=O) groups excluding carboxylic acids is 3. The molecule has 0 radical (unpaired) electrons. The van der Waals surface area contributed by atoms with Crippen molar-refractivity contribution in [3.05, 3.63) is 65.7 Å². The van der Waals surface area contributed by atoms with Crippen LogP contribution in [-0.2, 0) is 20.9 Å². The molecule has 10 nitrogen and oxygen atoms in total. The third kappa shape index (κ3) is 5.55.